The monoisotopic (exact) mass is 183 g/mol. The zero-order chi connectivity index (χ0) is 9.84. The van der Waals surface area contributed by atoms with Crippen molar-refractivity contribution >= 4 is 0 Å². The standard InChI is InChI=1S/C10H21N3/c1-4-9(2)10(11)13-7-5-12(3)6-8-13/h4-8,11H2,1-3H3/b10-9+. The number of hydrogen-bond donors (Lipinski definition) is 1. The highest BCUT2D eigenvalue weighted by Gasteiger charge is 2.15. The summed E-state index contributed by atoms with van der Waals surface area (Å²) in [7, 11) is 2.16. The zero-order valence-corrected chi connectivity index (χ0v) is 9.01. The second-order valence-electron chi connectivity index (χ2n) is 3.81. The molecule has 1 aliphatic rings. The van der Waals surface area contributed by atoms with E-state index < -0.39 is 0 Å². The molecule has 0 unspecified atom stereocenters. The number of allylic oxidation sites excluding steroid dienone is 1. The van der Waals surface area contributed by atoms with Crippen LogP contribution in [0.1, 0.15) is 20.3 Å². The van der Waals surface area contributed by atoms with E-state index in [1.165, 1.54) is 5.57 Å². The fourth-order valence-corrected chi connectivity index (χ4v) is 1.50. The topological polar surface area (TPSA) is 32.5 Å². The van der Waals surface area contributed by atoms with Gasteiger partial charge in [-0.3, -0.25) is 0 Å². The minimum Gasteiger partial charge on any atom is -0.385 e. The van der Waals surface area contributed by atoms with E-state index in [0.29, 0.717) is 0 Å². The third-order valence-electron chi connectivity index (χ3n) is 2.81. The first-order chi connectivity index (χ1) is 6.15. The quantitative estimate of drug-likeness (QED) is 0.688. The van der Waals surface area contributed by atoms with Crippen LogP contribution < -0.4 is 5.73 Å². The van der Waals surface area contributed by atoms with Crippen molar-refractivity contribution in [1.29, 1.82) is 0 Å². The molecule has 76 valence electrons. The molecule has 0 spiro atoms. The molecule has 0 aromatic heterocycles. The Hall–Kier alpha value is -0.700. The van der Waals surface area contributed by atoms with E-state index in [0.717, 1.165) is 38.4 Å². The largest absolute Gasteiger partial charge is 0.385 e. The summed E-state index contributed by atoms with van der Waals surface area (Å²) in [6.45, 7) is 8.65. The third-order valence-corrected chi connectivity index (χ3v) is 2.81. The van der Waals surface area contributed by atoms with Gasteiger partial charge < -0.3 is 15.5 Å². The van der Waals surface area contributed by atoms with Gasteiger partial charge >= 0.3 is 0 Å². The average molecular weight is 183 g/mol. The first-order valence-electron chi connectivity index (χ1n) is 5.04. The summed E-state index contributed by atoms with van der Waals surface area (Å²) in [4.78, 5) is 4.63. The van der Waals surface area contributed by atoms with Crippen LogP contribution in [0.15, 0.2) is 11.4 Å². The normalized spacial score (nSPS) is 21.6. The molecule has 0 saturated carbocycles. The van der Waals surface area contributed by atoms with Crippen LogP contribution in [0, 0.1) is 0 Å². The number of piperazine rings is 1. The number of nitrogens with two attached hydrogens (primary N) is 1. The molecule has 0 aliphatic carbocycles. The lowest BCUT2D eigenvalue weighted by atomic mass is 10.2. The third kappa shape index (κ3) is 2.62. The molecule has 1 heterocycles. The van der Waals surface area contributed by atoms with Crippen molar-refractivity contribution in [2.75, 3.05) is 33.2 Å². The summed E-state index contributed by atoms with van der Waals surface area (Å²) >= 11 is 0. The molecular formula is C10H21N3. The van der Waals surface area contributed by atoms with E-state index in [-0.39, 0.29) is 0 Å². The molecule has 13 heavy (non-hydrogen) atoms. The Kier molecular flexibility index (Phi) is 3.60. The van der Waals surface area contributed by atoms with Gasteiger partial charge in [0.05, 0.1) is 5.82 Å². The number of rotatable bonds is 2. The maximum absolute atomic E-state index is 6.03. The van der Waals surface area contributed by atoms with Crippen LogP contribution in [0.5, 0.6) is 0 Å². The predicted molar refractivity (Wildman–Crippen MR) is 56.2 cm³/mol. The van der Waals surface area contributed by atoms with Gasteiger partial charge in [0.25, 0.3) is 0 Å². The van der Waals surface area contributed by atoms with Crippen molar-refractivity contribution in [3.05, 3.63) is 11.4 Å². The van der Waals surface area contributed by atoms with Crippen LogP contribution in [-0.2, 0) is 0 Å². The molecule has 0 radical (unpaired) electrons. The Morgan fingerprint density at radius 2 is 1.77 bits per heavy atom. The van der Waals surface area contributed by atoms with Gasteiger partial charge in [-0.05, 0) is 26.0 Å². The highest BCUT2D eigenvalue weighted by Crippen LogP contribution is 2.10. The molecule has 2 N–H and O–H groups in total. The van der Waals surface area contributed by atoms with Crippen molar-refractivity contribution < 1.29 is 0 Å². The average Bonchev–Trinajstić information content (AvgIpc) is 2.17. The lowest BCUT2D eigenvalue weighted by molar-refractivity contribution is 0.183. The first kappa shape index (κ1) is 10.4. The van der Waals surface area contributed by atoms with E-state index in [1.807, 2.05) is 0 Å². The number of nitrogens with zero attached hydrogens (tertiary/aromatic N) is 2. The molecule has 3 nitrogen and oxygen atoms in total. The molecule has 1 fully saturated rings. The predicted octanol–water partition coefficient (Wildman–Crippen LogP) is 0.834. The summed E-state index contributed by atoms with van der Waals surface area (Å²) in [5.41, 5.74) is 7.34. The van der Waals surface area contributed by atoms with Crippen LogP contribution in [0.25, 0.3) is 0 Å². The highest BCUT2D eigenvalue weighted by molar-refractivity contribution is 5.07. The maximum Gasteiger partial charge on any atom is 0.0976 e. The summed E-state index contributed by atoms with van der Waals surface area (Å²) in [6, 6.07) is 0. The zero-order valence-electron chi connectivity index (χ0n) is 9.01. The van der Waals surface area contributed by atoms with E-state index in [2.05, 4.69) is 30.7 Å². The first-order valence-corrected chi connectivity index (χ1v) is 5.04. The molecule has 0 aromatic carbocycles. The molecule has 3 heteroatoms. The van der Waals surface area contributed by atoms with Gasteiger partial charge in [-0.15, -0.1) is 0 Å². The van der Waals surface area contributed by atoms with Crippen molar-refractivity contribution in [3.8, 4) is 0 Å². The SMILES string of the molecule is CC/C(C)=C(\N)N1CCN(C)CC1. The number of likely N-dealkylation sites (N-methyl/N-ethyl adjacent to an activating group) is 1. The minimum atomic E-state index is 0.996. The van der Waals surface area contributed by atoms with E-state index in [1.54, 1.807) is 0 Å². The second kappa shape index (κ2) is 4.51. The Labute approximate surface area is 81.2 Å². The van der Waals surface area contributed by atoms with Crippen LogP contribution >= 0.6 is 0 Å². The summed E-state index contributed by atoms with van der Waals surface area (Å²) in [5.74, 6) is 0.996. The Morgan fingerprint density at radius 3 is 2.23 bits per heavy atom. The lowest BCUT2D eigenvalue weighted by Crippen LogP contribution is -2.45. The van der Waals surface area contributed by atoms with Gasteiger partial charge in [0.15, 0.2) is 0 Å². The molecule has 1 rings (SSSR count). The lowest BCUT2D eigenvalue weighted by Gasteiger charge is -2.34. The minimum absolute atomic E-state index is 0.996. The fraction of sp³-hybridized carbons (Fsp3) is 0.800. The van der Waals surface area contributed by atoms with Gasteiger partial charge in [0.1, 0.15) is 0 Å². The van der Waals surface area contributed by atoms with Crippen LogP contribution in [0.4, 0.5) is 0 Å². The Balaban J connectivity index is 2.53. The highest BCUT2D eigenvalue weighted by atomic mass is 15.3. The molecular weight excluding hydrogens is 162 g/mol. The molecule has 0 atom stereocenters. The van der Waals surface area contributed by atoms with E-state index >= 15 is 0 Å². The Bertz CT molecular complexity index is 190. The Morgan fingerprint density at radius 1 is 1.23 bits per heavy atom. The van der Waals surface area contributed by atoms with Crippen LogP contribution in [-0.4, -0.2) is 43.0 Å². The second-order valence-corrected chi connectivity index (χ2v) is 3.81. The van der Waals surface area contributed by atoms with Crippen LogP contribution in [0.2, 0.25) is 0 Å². The molecule has 1 saturated heterocycles. The van der Waals surface area contributed by atoms with Gasteiger partial charge in [-0.25, -0.2) is 0 Å². The number of hydrogen-bond acceptors (Lipinski definition) is 3. The smallest absolute Gasteiger partial charge is 0.0976 e. The van der Waals surface area contributed by atoms with Crippen molar-refractivity contribution in [2.24, 2.45) is 5.73 Å². The van der Waals surface area contributed by atoms with Crippen molar-refractivity contribution in [2.45, 2.75) is 20.3 Å². The summed E-state index contributed by atoms with van der Waals surface area (Å²) in [6.07, 6.45) is 1.05. The van der Waals surface area contributed by atoms with Crippen LogP contribution in [0.3, 0.4) is 0 Å². The van der Waals surface area contributed by atoms with Gasteiger partial charge in [-0.1, -0.05) is 6.92 Å². The van der Waals surface area contributed by atoms with Gasteiger partial charge in [0.2, 0.25) is 0 Å². The summed E-state index contributed by atoms with van der Waals surface area (Å²) < 4.78 is 0. The van der Waals surface area contributed by atoms with Gasteiger partial charge in [0, 0.05) is 26.2 Å². The molecule has 1 aliphatic heterocycles. The molecule has 0 amide bonds. The van der Waals surface area contributed by atoms with E-state index in [4.69, 9.17) is 5.73 Å². The van der Waals surface area contributed by atoms with Crippen molar-refractivity contribution in [3.63, 3.8) is 0 Å². The molecule has 0 bridgehead atoms. The summed E-state index contributed by atoms with van der Waals surface area (Å²) in [5, 5.41) is 0. The van der Waals surface area contributed by atoms with Gasteiger partial charge in [-0.2, -0.15) is 0 Å². The fourth-order valence-electron chi connectivity index (χ4n) is 1.50. The van der Waals surface area contributed by atoms with E-state index in [9.17, 15) is 0 Å². The molecule has 0 aromatic rings. The van der Waals surface area contributed by atoms with Crippen molar-refractivity contribution in [1.82, 2.24) is 9.80 Å². The maximum atomic E-state index is 6.03.